The summed E-state index contributed by atoms with van der Waals surface area (Å²) in [5.74, 6) is 0.0386. The minimum atomic E-state index is -3.52. The summed E-state index contributed by atoms with van der Waals surface area (Å²) >= 11 is 0. The lowest BCUT2D eigenvalue weighted by molar-refractivity contribution is -0.895. The predicted octanol–water partition coefficient (Wildman–Crippen LogP) is 0.724. The summed E-state index contributed by atoms with van der Waals surface area (Å²) in [5.41, 5.74) is 3.67. The molecule has 0 saturated carbocycles. The van der Waals surface area contributed by atoms with Gasteiger partial charge in [0.05, 0.1) is 31.1 Å². The van der Waals surface area contributed by atoms with Crippen molar-refractivity contribution in [3.05, 3.63) is 28.3 Å². The van der Waals surface area contributed by atoms with Crippen LogP contribution in [0.3, 0.4) is 0 Å². The summed E-state index contributed by atoms with van der Waals surface area (Å²) in [6, 6.07) is 2.22. The van der Waals surface area contributed by atoms with E-state index in [-0.39, 0.29) is 11.9 Å². The van der Waals surface area contributed by atoms with Gasteiger partial charge in [0.2, 0.25) is 10.0 Å². The number of rotatable bonds is 6. The van der Waals surface area contributed by atoms with Gasteiger partial charge < -0.3 is 10.2 Å². The normalized spacial score (nSPS) is 17.7. The molecule has 0 aromatic heterocycles. The molecule has 2 N–H and O–H groups in total. The molecule has 0 spiro atoms. The van der Waals surface area contributed by atoms with Crippen LogP contribution in [0.1, 0.15) is 42.5 Å². The van der Waals surface area contributed by atoms with E-state index in [0.29, 0.717) is 37.6 Å². The van der Waals surface area contributed by atoms with Gasteiger partial charge in [0, 0.05) is 6.04 Å². The molecule has 1 aliphatic heterocycles. The van der Waals surface area contributed by atoms with Crippen molar-refractivity contribution in [1.82, 2.24) is 9.62 Å². The van der Waals surface area contributed by atoms with Crippen LogP contribution < -0.4 is 10.2 Å². The highest BCUT2D eigenvalue weighted by atomic mass is 32.2. The van der Waals surface area contributed by atoms with Gasteiger partial charge in [-0.25, -0.2) is 8.42 Å². The molecule has 1 amide bonds. The van der Waals surface area contributed by atoms with E-state index in [1.54, 1.807) is 4.31 Å². The second-order valence-corrected chi connectivity index (χ2v) is 9.67. The largest absolute Gasteiger partial charge is 0.349 e. The van der Waals surface area contributed by atoms with E-state index >= 15 is 0 Å². The summed E-state index contributed by atoms with van der Waals surface area (Å²) in [4.78, 5) is 13.7. The van der Waals surface area contributed by atoms with Gasteiger partial charge in [0.25, 0.3) is 5.91 Å². The maximum Gasteiger partial charge on any atom is 0.275 e. The molecule has 1 saturated heterocycles. The number of hydrogen-bond donors (Lipinski definition) is 2. The zero-order valence-electron chi connectivity index (χ0n) is 17.5. The van der Waals surface area contributed by atoms with Crippen molar-refractivity contribution in [3.63, 3.8) is 0 Å². The van der Waals surface area contributed by atoms with E-state index in [1.165, 1.54) is 0 Å². The fourth-order valence-corrected chi connectivity index (χ4v) is 5.59. The lowest BCUT2D eigenvalue weighted by Gasteiger charge is -2.32. The minimum absolute atomic E-state index is 0.0386. The smallest absolute Gasteiger partial charge is 0.275 e. The van der Waals surface area contributed by atoms with Crippen LogP contribution in [0.2, 0.25) is 0 Å². The minimum Gasteiger partial charge on any atom is -0.349 e. The number of carbonyl (C=O) groups is 1. The zero-order chi connectivity index (χ0) is 20.4. The van der Waals surface area contributed by atoms with Crippen molar-refractivity contribution >= 4 is 15.9 Å². The quantitative estimate of drug-likeness (QED) is 0.745. The van der Waals surface area contributed by atoms with Crippen molar-refractivity contribution in [2.45, 2.75) is 58.9 Å². The maximum atomic E-state index is 13.3. The Labute approximate surface area is 164 Å². The molecule has 1 aromatic carbocycles. The number of hydrogen-bond acceptors (Lipinski definition) is 3. The van der Waals surface area contributed by atoms with Crippen molar-refractivity contribution in [2.24, 2.45) is 0 Å². The van der Waals surface area contributed by atoms with Crippen molar-refractivity contribution in [3.8, 4) is 0 Å². The average molecular weight is 397 g/mol. The van der Waals surface area contributed by atoms with Crippen LogP contribution in [-0.2, 0) is 14.8 Å². The first kappa shape index (κ1) is 21.9. The number of aryl methyl sites for hydroxylation is 2. The molecule has 0 aliphatic carbocycles. The Bertz CT molecular complexity index is 771. The number of sulfonamides is 1. The Balaban J connectivity index is 2.09. The number of quaternary nitrogens is 1. The number of nitrogens with one attached hydrogen (secondary N) is 2. The van der Waals surface area contributed by atoms with Gasteiger partial charge in [-0.15, -0.1) is 0 Å². The first-order valence-corrected chi connectivity index (χ1v) is 11.2. The molecule has 1 aromatic rings. The molecule has 0 radical (unpaired) electrons. The Kier molecular flexibility index (Phi) is 7.05. The highest BCUT2D eigenvalue weighted by Crippen LogP contribution is 2.28. The summed E-state index contributed by atoms with van der Waals surface area (Å²) in [6.45, 7) is 14.3. The first-order chi connectivity index (χ1) is 12.6. The van der Waals surface area contributed by atoms with E-state index in [0.717, 1.165) is 33.6 Å². The average Bonchev–Trinajstić information content (AvgIpc) is 2.60. The fourth-order valence-electron chi connectivity index (χ4n) is 3.57. The van der Waals surface area contributed by atoms with Gasteiger partial charge in [0.15, 0.2) is 6.54 Å². The van der Waals surface area contributed by atoms with E-state index in [1.807, 2.05) is 47.6 Å². The molecular formula is C20H34N3O3S+. The van der Waals surface area contributed by atoms with Crippen LogP contribution in [0.4, 0.5) is 0 Å². The van der Waals surface area contributed by atoms with Gasteiger partial charge in [-0.1, -0.05) is 13.0 Å². The Morgan fingerprint density at radius 3 is 2.15 bits per heavy atom. The number of benzene rings is 1. The van der Waals surface area contributed by atoms with Crippen LogP contribution >= 0.6 is 0 Å². The Hall–Kier alpha value is -1.44. The molecule has 1 aliphatic rings. The lowest BCUT2D eigenvalue weighted by atomic mass is 10.0. The lowest BCUT2D eigenvalue weighted by Crippen LogP contribution is -3.15. The summed E-state index contributed by atoms with van der Waals surface area (Å²) in [6.07, 6.45) is 0.904. The third-order valence-corrected chi connectivity index (χ3v) is 7.93. The molecule has 152 valence electrons. The van der Waals surface area contributed by atoms with Crippen molar-refractivity contribution in [1.29, 1.82) is 0 Å². The molecule has 7 heteroatoms. The maximum absolute atomic E-state index is 13.3. The molecule has 2 rings (SSSR count). The summed E-state index contributed by atoms with van der Waals surface area (Å²) < 4.78 is 28.1. The van der Waals surface area contributed by atoms with Crippen LogP contribution in [0.15, 0.2) is 11.0 Å². The van der Waals surface area contributed by atoms with Gasteiger partial charge >= 0.3 is 0 Å². The van der Waals surface area contributed by atoms with E-state index in [4.69, 9.17) is 0 Å². The SMILES string of the molecule is CC[C@H](C)NC(=O)C[NH+]1CCN(S(=O)(=O)c2c(C)c(C)cc(C)c2C)CC1. The van der Waals surface area contributed by atoms with E-state index in [2.05, 4.69) is 5.32 Å². The number of nitrogens with zero attached hydrogens (tertiary/aromatic N) is 1. The van der Waals surface area contributed by atoms with Crippen molar-refractivity contribution in [2.75, 3.05) is 32.7 Å². The van der Waals surface area contributed by atoms with Crippen LogP contribution in [-0.4, -0.2) is 57.4 Å². The summed E-state index contributed by atoms with van der Waals surface area (Å²) in [5, 5.41) is 2.98. The molecule has 1 atom stereocenters. The molecule has 27 heavy (non-hydrogen) atoms. The van der Waals surface area contributed by atoms with Crippen LogP contribution in [0.5, 0.6) is 0 Å². The van der Waals surface area contributed by atoms with Gasteiger partial charge in [-0.2, -0.15) is 4.31 Å². The second kappa shape index (κ2) is 8.71. The van der Waals surface area contributed by atoms with Gasteiger partial charge in [0.1, 0.15) is 0 Å². The standard InChI is InChI=1S/C20H33N3O3S/c1-7-16(4)21-19(24)13-22-8-10-23(11-9-22)27(25,26)20-17(5)14(2)12-15(3)18(20)6/h12,16H,7-11,13H2,1-6H3,(H,21,24)/p+1/t16-/m0/s1. The second-order valence-electron chi connectivity index (χ2n) is 7.80. The van der Waals surface area contributed by atoms with Gasteiger partial charge in [-0.3, -0.25) is 4.79 Å². The molecule has 1 heterocycles. The Morgan fingerprint density at radius 2 is 1.67 bits per heavy atom. The molecule has 0 bridgehead atoms. The molecule has 0 unspecified atom stereocenters. The Morgan fingerprint density at radius 1 is 1.15 bits per heavy atom. The highest BCUT2D eigenvalue weighted by Gasteiger charge is 2.33. The van der Waals surface area contributed by atoms with Crippen LogP contribution in [0, 0.1) is 27.7 Å². The van der Waals surface area contributed by atoms with E-state index in [9.17, 15) is 13.2 Å². The molecular weight excluding hydrogens is 362 g/mol. The number of piperazine rings is 1. The van der Waals surface area contributed by atoms with Crippen molar-refractivity contribution < 1.29 is 18.1 Å². The highest BCUT2D eigenvalue weighted by molar-refractivity contribution is 7.89. The van der Waals surface area contributed by atoms with Crippen LogP contribution in [0.25, 0.3) is 0 Å². The predicted molar refractivity (Wildman–Crippen MR) is 108 cm³/mol. The van der Waals surface area contributed by atoms with Gasteiger partial charge in [-0.05, 0) is 63.3 Å². The third kappa shape index (κ3) is 4.89. The summed E-state index contributed by atoms with van der Waals surface area (Å²) in [7, 11) is -3.52. The monoisotopic (exact) mass is 396 g/mol. The molecule has 1 fully saturated rings. The topological polar surface area (TPSA) is 70.9 Å². The molecule has 6 nitrogen and oxygen atoms in total. The number of carbonyl (C=O) groups excluding carboxylic acids is 1. The zero-order valence-corrected chi connectivity index (χ0v) is 18.3. The first-order valence-electron chi connectivity index (χ1n) is 9.78. The van der Waals surface area contributed by atoms with E-state index < -0.39 is 10.0 Å². The number of amides is 1. The third-order valence-electron chi connectivity index (χ3n) is 5.75. The fraction of sp³-hybridized carbons (Fsp3) is 0.650.